The first-order valence-electron chi connectivity index (χ1n) is 14.0. The number of rotatable bonds is 4. The number of carbonyl (C=O) groups excluding carboxylic acids is 2. The summed E-state index contributed by atoms with van der Waals surface area (Å²) in [5, 5.41) is 10.3. The van der Waals surface area contributed by atoms with Crippen molar-refractivity contribution in [2.75, 3.05) is 13.2 Å². The van der Waals surface area contributed by atoms with Gasteiger partial charge in [-0.1, -0.05) is 43.7 Å². The lowest BCUT2D eigenvalue weighted by Gasteiger charge is -2.45. The topological polar surface area (TPSA) is 76.1 Å². The molecule has 1 fully saturated rings. The first-order chi connectivity index (χ1) is 18.5. The van der Waals surface area contributed by atoms with Gasteiger partial charge in [0.2, 0.25) is 0 Å². The van der Waals surface area contributed by atoms with Gasteiger partial charge in [-0.25, -0.2) is 4.79 Å². The van der Waals surface area contributed by atoms with E-state index >= 15 is 0 Å². The number of aromatic hydroxyl groups is 1. The molecule has 2 aliphatic heterocycles. The molecule has 6 heteroatoms. The van der Waals surface area contributed by atoms with Crippen LogP contribution in [0, 0.1) is 20.8 Å². The lowest BCUT2D eigenvalue weighted by Crippen LogP contribution is -2.45. The van der Waals surface area contributed by atoms with Gasteiger partial charge < -0.3 is 19.5 Å². The zero-order valence-corrected chi connectivity index (χ0v) is 24.5. The second-order valence-corrected chi connectivity index (χ2v) is 10.9. The molecule has 2 atom stereocenters. The molecule has 0 bridgehead atoms. The Kier molecular flexibility index (Phi) is 8.08. The molecule has 2 aromatic carbocycles. The Morgan fingerprint density at radius 3 is 2.36 bits per heavy atom. The van der Waals surface area contributed by atoms with E-state index in [1.807, 2.05) is 33.8 Å². The lowest BCUT2D eigenvalue weighted by atomic mass is 9.70. The molecule has 0 aromatic heterocycles. The molecular weight excluding hydrogens is 490 g/mol. The van der Waals surface area contributed by atoms with E-state index in [0.717, 1.165) is 11.4 Å². The van der Waals surface area contributed by atoms with Crippen LogP contribution in [0.5, 0.6) is 5.75 Å². The van der Waals surface area contributed by atoms with Crippen LogP contribution >= 0.6 is 0 Å². The minimum Gasteiger partial charge on any atom is -0.508 e. The predicted molar refractivity (Wildman–Crippen MR) is 152 cm³/mol. The Balaban J connectivity index is 0.00000172. The smallest absolute Gasteiger partial charge is 0.336 e. The number of hydrogen-bond donors (Lipinski definition) is 1. The van der Waals surface area contributed by atoms with Crippen molar-refractivity contribution in [2.45, 2.75) is 85.8 Å². The highest BCUT2D eigenvalue weighted by Gasteiger charge is 2.51. The number of hydrogen-bond acceptors (Lipinski definition) is 6. The maximum absolute atomic E-state index is 14.1. The number of fused-ring (bicyclic) bond motifs is 2. The van der Waals surface area contributed by atoms with Crippen LogP contribution in [0.4, 0.5) is 0 Å². The molecule has 3 aliphatic rings. The first-order valence-corrected chi connectivity index (χ1v) is 14.0. The summed E-state index contributed by atoms with van der Waals surface area (Å²) in [4.78, 5) is 29.6. The van der Waals surface area contributed by atoms with Crippen molar-refractivity contribution in [3.63, 3.8) is 0 Å². The standard InChI is InChI=1S/C31H35NO5.C2H6/c1-7-36-30(35)29-24-16-37-31(5,6)32(24)23-14-21(26-18(3)11-17(2)12-19(26)4)15-25(34)28(23)27(29)20-9-8-10-22(33)13-20;1-2/h8-13,21,27,33H,7,14-16H2,1-6H3;1-2H3. The summed E-state index contributed by atoms with van der Waals surface area (Å²) in [5.74, 6) is -0.950. The second kappa shape index (κ2) is 11.0. The van der Waals surface area contributed by atoms with Crippen molar-refractivity contribution < 1.29 is 24.2 Å². The summed E-state index contributed by atoms with van der Waals surface area (Å²) >= 11 is 0. The quantitative estimate of drug-likeness (QED) is 0.441. The Morgan fingerprint density at radius 1 is 1.08 bits per heavy atom. The van der Waals surface area contributed by atoms with Crippen molar-refractivity contribution in [3.05, 3.63) is 86.8 Å². The molecule has 1 N–H and O–H groups in total. The van der Waals surface area contributed by atoms with Gasteiger partial charge in [-0.15, -0.1) is 0 Å². The third kappa shape index (κ3) is 5.03. The number of ketones is 1. The van der Waals surface area contributed by atoms with Crippen molar-refractivity contribution >= 4 is 11.8 Å². The number of Topliss-reactive ketones (excluding diaryl/α,β-unsaturated/α-hetero) is 1. The summed E-state index contributed by atoms with van der Waals surface area (Å²) in [6, 6.07) is 11.2. The van der Waals surface area contributed by atoms with Crippen molar-refractivity contribution in [1.29, 1.82) is 0 Å². The number of nitrogens with zero attached hydrogens (tertiary/aromatic N) is 1. The summed E-state index contributed by atoms with van der Waals surface area (Å²) in [5.41, 5.74) is 7.46. The Hall–Kier alpha value is -3.38. The average molecular weight is 532 g/mol. The van der Waals surface area contributed by atoms with E-state index in [1.165, 1.54) is 22.3 Å². The lowest BCUT2D eigenvalue weighted by molar-refractivity contribution is -0.139. The number of allylic oxidation sites excluding steroid dienone is 2. The SMILES string of the molecule is CC.CCOC(=O)C1=C2COC(C)(C)N2C2=C(C(=O)CC(c3c(C)cc(C)cc3C)C2)C1c1cccc(O)c1. The molecule has 0 radical (unpaired) electrons. The molecule has 208 valence electrons. The fourth-order valence-electron chi connectivity index (χ4n) is 6.67. The highest BCUT2D eigenvalue weighted by Crippen LogP contribution is 2.53. The molecule has 39 heavy (non-hydrogen) atoms. The number of aryl methyl sites for hydroxylation is 3. The maximum atomic E-state index is 14.1. The predicted octanol–water partition coefficient (Wildman–Crippen LogP) is 6.73. The van der Waals surface area contributed by atoms with E-state index in [9.17, 15) is 14.7 Å². The van der Waals surface area contributed by atoms with Gasteiger partial charge >= 0.3 is 5.97 Å². The van der Waals surface area contributed by atoms with E-state index in [-0.39, 0.29) is 30.7 Å². The largest absolute Gasteiger partial charge is 0.508 e. The highest BCUT2D eigenvalue weighted by molar-refractivity contribution is 6.04. The van der Waals surface area contributed by atoms with Gasteiger partial charge in [0.05, 0.1) is 24.5 Å². The Labute approximate surface area is 232 Å². The summed E-state index contributed by atoms with van der Waals surface area (Å²) < 4.78 is 11.7. The minimum atomic E-state index is -0.725. The summed E-state index contributed by atoms with van der Waals surface area (Å²) in [6.07, 6.45) is 1.02. The molecule has 5 rings (SSSR count). The zero-order valence-electron chi connectivity index (χ0n) is 24.5. The van der Waals surface area contributed by atoms with Gasteiger partial charge in [-0.2, -0.15) is 0 Å². The van der Waals surface area contributed by atoms with Crippen LogP contribution < -0.4 is 0 Å². The third-order valence-electron chi connectivity index (χ3n) is 7.86. The third-order valence-corrected chi connectivity index (χ3v) is 7.86. The fraction of sp³-hybridized carbons (Fsp3) is 0.455. The van der Waals surface area contributed by atoms with Crippen LogP contribution in [0.25, 0.3) is 0 Å². The van der Waals surface area contributed by atoms with Gasteiger partial charge in [-0.3, -0.25) is 4.79 Å². The highest BCUT2D eigenvalue weighted by atomic mass is 16.5. The molecule has 1 saturated heterocycles. The van der Waals surface area contributed by atoms with Crippen LogP contribution in [0.1, 0.15) is 87.1 Å². The molecule has 0 saturated carbocycles. The van der Waals surface area contributed by atoms with Crippen molar-refractivity contribution in [3.8, 4) is 5.75 Å². The van der Waals surface area contributed by atoms with Crippen LogP contribution in [-0.4, -0.2) is 40.7 Å². The van der Waals surface area contributed by atoms with Gasteiger partial charge in [0.15, 0.2) is 5.78 Å². The first kappa shape index (κ1) is 28.6. The monoisotopic (exact) mass is 531 g/mol. The molecule has 2 aromatic rings. The van der Waals surface area contributed by atoms with Crippen LogP contribution in [0.3, 0.4) is 0 Å². The van der Waals surface area contributed by atoms with Gasteiger partial charge in [0.25, 0.3) is 0 Å². The molecule has 0 amide bonds. The molecular formula is C33H41NO5. The van der Waals surface area contributed by atoms with E-state index in [1.54, 1.807) is 25.1 Å². The molecule has 6 nitrogen and oxygen atoms in total. The number of carbonyl (C=O) groups is 2. The van der Waals surface area contributed by atoms with E-state index in [2.05, 4.69) is 37.8 Å². The second-order valence-electron chi connectivity index (χ2n) is 10.9. The van der Waals surface area contributed by atoms with Crippen LogP contribution in [0.15, 0.2) is 58.9 Å². The Morgan fingerprint density at radius 2 is 1.74 bits per heavy atom. The van der Waals surface area contributed by atoms with Crippen molar-refractivity contribution in [1.82, 2.24) is 4.90 Å². The number of benzene rings is 2. The van der Waals surface area contributed by atoms with E-state index in [0.29, 0.717) is 29.6 Å². The molecule has 0 spiro atoms. The minimum absolute atomic E-state index is 0.0162. The summed E-state index contributed by atoms with van der Waals surface area (Å²) in [6.45, 7) is 16.5. The Bertz CT molecular complexity index is 1340. The number of ether oxygens (including phenoxy) is 2. The maximum Gasteiger partial charge on any atom is 0.336 e. The van der Waals surface area contributed by atoms with Gasteiger partial charge in [0.1, 0.15) is 11.5 Å². The normalized spacial score (nSPS) is 21.7. The van der Waals surface area contributed by atoms with E-state index in [4.69, 9.17) is 9.47 Å². The molecule has 2 heterocycles. The van der Waals surface area contributed by atoms with E-state index < -0.39 is 17.6 Å². The molecule has 1 aliphatic carbocycles. The average Bonchev–Trinajstić information content (AvgIpc) is 3.19. The number of phenols is 1. The van der Waals surface area contributed by atoms with Gasteiger partial charge in [-0.05, 0) is 88.3 Å². The molecule has 2 unspecified atom stereocenters. The number of esters is 1. The zero-order chi connectivity index (χ0) is 28.6. The fourth-order valence-corrected chi connectivity index (χ4v) is 6.67. The van der Waals surface area contributed by atoms with Crippen LogP contribution in [-0.2, 0) is 19.1 Å². The van der Waals surface area contributed by atoms with Gasteiger partial charge in [0, 0.05) is 23.6 Å². The van der Waals surface area contributed by atoms with Crippen molar-refractivity contribution in [2.24, 2.45) is 0 Å². The van der Waals surface area contributed by atoms with Crippen LogP contribution in [0.2, 0.25) is 0 Å². The summed E-state index contributed by atoms with van der Waals surface area (Å²) in [7, 11) is 0. The number of phenolic OH excluding ortho intramolecular Hbond substituents is 1.